The SMILES string of the molecule is O=C(Cc1ccccn1)N[C@H]1C[C@@H](O)CN(C(=O)CCOc2ccccc2)C1.O=CO. The number of rotatable bonds is 7. The number of likely N-dealkylation sites (tertiary alicyclic amines) is 1. The Bertz CT molecular complexity index is 819. The quantitative estimate of drug-likeness (QED) is 0.557. The van der Waals surface area contributed by atoms with Gasteiger partial charge < -0.3 is 25.2 Å². The minimum atomic E-state index is -0.659. The Hall–Kier alpha value is -3.46. The number of piperidine rings is 1. The summed E-state index contributed by atoms with van der Waals surface area (Å²) in [5.74, 6) is 0.449. The molecule has 0 unspecified atom stereocenters. The average Bonchev–Trinajstić information content (AvgIpc) is 2.75. The number of para-hydroxylation sites is 1. The van der Waals surface area contributed by atoms with Crippen molar-refractivity contribution in [3.05, 3.63) is 60.4 Å². The highest BCUT2D eigenvalue weighted by Crippen LogP contribution is 2.14. The van der Waals surface area contributed by atoms with Crippen LogP contribution in [0.5, 0.6) is 5.75 Å². The number of β-amino-alcohol motifs (C(OH)–C–C–N with tert-alkyl or cyclic N) is 1. The van der Waals surface area contributed by atoms with Gasteiger partial charge in [0.2, 0.25) is 11.8 Å². The van der Waals surface area contributed by atoms with E-state index < -0.39 is 6.10 Å². The summed E-state index contributed by atoms with van der Waals surface area (Å²) in [5.41, 5.74) is 0.683. The average molecular weight is 429 g/mol. The zero-order chi connectivity index (χ0) is 22.5. The molecule has 1 fully saturated rings. The summed E-state index contributed by atoms with van der Waals surface area (Å²) in [6.07, 6.45) is 1.80. The molecule has 1 saturated heterocycles. The molecular weight excluding hydrogens is 402 g/mol. The van der Waals surface area contributed by atoms with E-state index in [1.54, 1.807) is 23.2 Å². The van der Waals surface area contributed by atoms with E-state index >= 15 is 0 Å². The predicted octanol–water partition coefficient (Wildman–Crippen LogP) is 0.872. The summed E-state index contributed by atoms with van der Waals surface area (Å²) >= 11 is 0. The van der Waals surface area contributed by atoms with Crippen molar-refractivity contribution in [2.75, 3.05) is 19.7 Å². The molecule has 1 aliphatic heterocycles. The van der Waals surface area contributed by atoms with Crippen LogP contribution < -0.4 is 10.1 Å². The summed E-state index contributed by atoms with van der Waals surface area (Å²) in [6, 6.07) is 14.4. The van der Waals surface area contributed by atoms with Gasteiger partial charge in [0, 0.05) is 31.0 Å². The number of nitrogens with zero attached hydrogens (tertiary/aromatic N) is 2. The second-order valence-corrected chi connectivity index (χ2v) is 6.97. The molecule has 0 radical (unpaired) electrons. The van der Waals surface area contributed by atoms with Crippen molar-refractivity contribution in [1.29, 1.82) is 0 Å². The smallest absolute Gasteiger partial charge is 0.290 e. The molecule has 3 rings (SSSR count). The summed E-state index contributed by atoms with van der Waals surface area (Å²) in [5, 5.41) is 19.9. The van der Waals surface area contributed by atoms with Crippen molar-refractivity contribution >= 4 is 18.3 Å². The largest absolute Gasteiger partial charge is 0.493 e. The predicted molar refractivity (Wildman–Crippen MR) is 112 cm³/mol. The lowest BCUT2D eigenvalue weighted by atomic mass is 10.0. The number of carbonyl (C=O) groups is 3. The summed E-state index contributed by atoms with van der Waals surface area (Å²) in [4.78, 5) is 38.8. The molecule has 1 aromatic heterocycles. The Balaban J connectivity index is 0.00000107. The molecule has 0 spiro atoms. The normalized spacial score (nSPS) is 17.6. The lowest BCUT2D eigenvalue weighted by Crippen LogP contribution is -2.54. The molecule has 2 aromatic rings. The molecule has 31 heavy (non-hydrogen) atoms. The molecule has 9 heteroatoms. The number of amides is 2. The van der Waals surface area contributed by atoms with Crippen LogP contribution in [0.25, 0.3) is 0 Å². The Labute approximate surface area is 180 Å². The van der Waals surface area contributed by atoms with Crippen molar-refractivity contribution in [2.24, 2.45) is 0 Å². The molecule has 166 valence electrons. The summed E-state index contributed by atoms with van der Waals surface area (Å²) in [6.45, 7) is 0.679. The fourth-order valence-corrected chi connectivity index (χ4v) is 3.26. The highest BCUT2D eigenvalue weighted by molar-refractivity contribution is 5.79. The first-order valence-electron chi connectivity index (χ1n) is 9.92. The van der Waals surface area contributed by atoms with E-state index in [1.807, 2.05) is 36.4 Å². The number of aliphatic hydroxyl groups excluding tert-OH is 1. The van der Waals surface area contributed by atoms with E-state index in [0.29, 0.717) is 24.4 Å². The maximum Gasteiger partial charge on any atom is 0.290 e. The molecule has 2 amide bonds. The number of hydrogen-bond donors (Lipinski definition) is 3. The first-order chi connectivity index (χ1) is 15.0. The number of nitrogens with one attached hydrogen (secondary N) is 1. The molecule has 3 N–H and O–H groups in total. The van der Waals surface area contributed by atoms with Gasteiger partial charge in [-0.1, -0.05) is 24.3 Å². The van der Waals surface area contributed by atoms with Gasteiger partial charge in [0.25, 0.3) is 6.47 Å². The lowest BCUT2D eigenvalue weighted by Gasteiger charge is -2.36. The number of ether oxygens (including phenoxy) is 1. The number of aliphatic hydroxyl groups is 1. The fraction of sp³-hybridized carbons (Fsp3) is 0.364. The second kappa shape index (κ2) is 13.0. The van der Waals surface area contributed by atoms with Gasteiger partial charge in [0.05, 0.1) is 25.6 Å². The molecule has 0 bridgehead atoms. The first kappa shape index (κ1) is 23.8. The van der Waals surface area contributed by atoms with Gasteiger partial charge in [-0.15, -0.1) is 0 Å². The highest BCUT2D eigenvalue weighted by atomic mass is 16.5. The Morgan fingerprint density at radius 2 is 1.87 bits per heavy atom. The zero-order valence-corrected chi connectivity index (χ0v) is 17.1. The van der Waals surface area contributed by atoms with Crippen molar-refractivity contribution < 1.29 is 29.3 Å². The number of carboxylic acid groups (broad SMARTS) is 1. The fourth-order valence-electron chi connectivity index (χ4n) is 3.26. The van der Waals surface area contributed by atoms with Crippen LogP contribution in [0.1, 0.15) is 18.5 Å². The van der Waals surface area contributed by atoms with E-state index in [2.05, 4.69) is 10.3 Å². The first-order valence-corrected chi connectivity index (χ1v) is 9.92. The van der Waals surface area contributed by atoms with E-state index in [-0.39, 0.29) is 50.3 Å². The van der Waals surface area contributed by atoms with Gasteiger partial charge in [0.1, 0.15) is 5.75 Å². The van der Waals surface area contributed by atoms with Crippen LogP contribution in [-0.4, -0.2) is 70.2 Å². The van der Waals surface area contributed by atoms with E-state index in [4.69, 9.17) is 14.6 Å². The molecule has 2 atom stereocenters. The molecule has 2 heterocycles. The van der Waals surface area contributed by atoms with Crippen LogP contribution in [-0.2, 0) is 20.8 Å². The topological polar surface area (TPSA) is 129 Å². The third kappa shape index (κ3) is 8.83. The van der Waals surface area contributed by atoms with Crippen LogP contribution in [0.2, 0.25) is 0 Å². The third-order valence-corrected chi connectivity index (χ3v) is 4.54. The van der Waals surface area contributed by atoms with Gasteiger partial charge in [-0.3, -0.25) is 19.4 Å². The van der Waals surface area contributed by atoms with Crippen molar-refractivity contribution in [3.8, 4) is 5.75 Å². The number of hydrogen-bond acceptors (Lipinski definition) is 6. The van der Waals surface area contributed by atoms with E-state index in [0.717, 1.165) is 0 Å². The number of pyridine rings is 1. The minimum Gasteiger partial charge on any atom is -0.493 e. The maximum atomic E-state index is 12.5. The number of carbonyl (C=O) groups excluding carboxylic acids is 2. The second-order valence-electron chi connectivity index (χ2n) is 6.97. The minimum absolute atomic E-state index is 0.0985. The van der Waals surface area contributed by atoms with Gasteiger partial charge in [-0.2, -0.15) is 0 Å². The van der Waals surface area contributed by atoms with Gasteiger partial charge >= 0.3 is 0 Å². The van der Waals surface area contributed by atoms with Crippen molar-refractivity contribution in [1.82, 2.24) is 15.2 Å². The van der Waals surface area contributed by atoms with E-state index in [9.17, 15) is 14.7 Å². The molecule has 1 aromatic carbocycles. The molecular formula is C22H27N3O6. The standard InChI is InChI=1S/C21H25N3O4.CH2O2/c25-18-12-17(23-20(26)13-16-6-4-5-10-22-16)14-24(15-18)21(27)9-11-28-19-7-2-1-3-8-19;2-1-3/h1-8,10,17-18,25H,9,11-15H2,(H,23,26);1H,(H,2,3)/t17-,18+;/m0./s1. The Morgan fingerprint density at radius 1 is 1.16 bits per heavy atom. The van der Waals surface area contributed by atoms with Crippen LogP contribution in [0, 0.1) is 0 Å². The van der Waals surface area contributed by atoms with Gasteiger partial charge in [-0.05, 0) is 30.7 Å². The Morgan fingerprint density at radius 3 is 2.55 bits per heavy atom. The highest BCUT2D eigenvalue weighted by Gasteiger charge is 2.29. The molecule has 1 aliphatic rings. The van der Waals surface area contributed by atoms with Crippen LogP contribution in [0.3, 0.4) is 0 Å². The van der Waals surface area contributed by atoms with Gasteiger partial charge in [0.15, 0.2) is 0 Å². The van der Waals surface area contributed by atoms with Crippen LogP contribution >= 0.6 is 0 Å². The van der Waals surface area contributed by atoms with Crippen molar-refractivity contribution in [2.45, 2.75) is 31.4 Å². The van der Waals surface area contributed by atoms with Crippen molar-refractivity contribution in [3.63, 3.8) is 0 Å². The molecule has 9 nitrogen and oxygen atoms in total. The lowest BCUT2D eigenvalue weighted by molar-refractivity contribution is -0.136. The summed E-state index contributed by atoms with van der Waals surface area (Å²) in [7, 11) is 0. The molecule has 0 aliphatic carbocycles. The zero-order valence-electron chi connectivity index (χ0n) is 17.1. The maximum absolute atomic E-state index is 12.5. The third-order valence-electron chi connectivity index (χ3n) is 4.54. The van der Waals surface area contributed by atoms with E-state index in [1.165, 1.54) is 0 Å². The van der Waals surface area contributed by atoms with Gasteiger partial charge in [-0.25, -0.2) is 0 Å². The summed E-state index contributed by atoms with van der Waals surface area (Å²) < 4.78 is 5.57. The monoisotopic (exact) mass is 429 g/mol. The number of benzene rings is 1. The van der Waals surface area contributed by atoms with Crippen LogP contribution in [0.4, 0.5) is 0 Å². The Kier molecular flexibility index (Phi) is 9.96. The number of aromatic nitrogens is 1. The van der Waals surface area contributed by atoms with Crippen LogP contribution in [0.15, 0.2) is 54.7 Å². The molecule has 0 saturated carbocycles.